The predicted molar refractivity (Wildman–Crippen MR) is 116 cm³/mol. The first kappa shape index (κ1) is 19.6. The number of hydrogen-bond donors (Lipinski definition) is 3. The number of β-amino-alcohol motifs (C(OH)–C–C–N with tert-alkyl or cyclic N) is 1. The molecule has 1 atom stereocenters. The zero-order valence-electron chi connectivity index (χ0n) is 17.3. The van der Waals surface area contributed by atoms with Crippen LogP contribution in [-0.4, -0.2) is 59.1 Å². The average molecular weight is 411 g/mol. The smallest absolute Gasteiger partial charge is 0.255 e. The van der Waals surface area contributed by atoms with Crippen LogP contribution in [0.1, 0.15) is 42.5 Å². The van der Waals surface area contributed by atoms with Crippen LogP contribution in [0.5, 0.6) is 0 Å². The number of aromatic amines is 1. The highest BCUT2D eigenvalue weighted by Gasteiger charge is 2.45. The lowest BCUT2D eigenvalue weighted by Gasteiger charge is -2.40. The molecule has 1 saturated heterocycles. The molecule has 0 bridgehead atoms. The minimum Gasteiger partial charge on any atom is -0.394 e. The van der Waals surface area contributed by atoms with Crippen LogP contribution in [0.4, 0.5) is 11.6 Å². The summed E-state index contributed by atoms with van der Waals surface area (Å²) < 4.78 is 0. The van der Waals surface area contributed by atoms with Gasteiger partial charge in [-0.1, -0.05) is 18.2 Å². The maximum Gasteiger partial charge on any atom is 0.255 e. The predicted octanol–water partition coefficient (Wildman–Crippen LogP) is 1.36. The number of aliphatic hydroxyl groups excluding tert-OH is 2. The summed E-state index contributed by atoms with van der Waals surface area (Å²) in [5, 5.41) is 19.3. The number of aryl methyl sites for hydroxylation is 1. The van der Waals surface area contributed by atoms with E-state index in [2.05, 4.69) is 33.0 Å². The Bertz CT molecular complexity index is 981. The van der Waals surface area contributed by atoms with Gasteiger partial charge in [0.15, 0.2) is 0 Å². The van der Waals surface area contributed by atoms with Crippen molar-refractivity contribution in [3.63, 3.8) is 0 Å². The summed E-state index contributed by atoms with van der Waals surface area (Å²) in [5.74, 6) is 0.717. The number of rotatable bonds is 4. The van der Waals surface area contributed by atoms with Crippen LogP contribution in [-0.2, 0) is 18.3 Å². The molecule has 3 heterocycles. The van der Waals surface area contributed by atoms with Crippen LogP contribution in [0, 0.1) is 0 Å². The summed E-state index contributed by atoms with van der Waals surface area (Å²) in [4.78, 5) is 24.8. The molecule has 2 aromatic rings. The molecular formula is C23H30N4O3. The average Bonchev–Trinajstić information content (AvgIpc) is 3.07. The van der Waals surface area contributed by atoms with Crippen molar-refractivity contribution < 1.29 is 10.2 Å². The molecule has 3 aliphatic rings. The number of H-pyrrole nitrogens is 1. The van der Waals surface area contributed by atoms with Gasteiger partial charge >= 0.3 is 0 Å². The first-order valence-electron chi connectivity index (χ1n) is 11.1. The number of aliphatic hydroxyl groups is 2. The van der Waals surface area contributed by atoms with E-state index in [9.17, 15) is 15.0 Å². The summed E-state index contributed by atoms with van der Waals surface area (Å²) in [7, 11) is 0. The molecule has 160 valence electrons. The van der Waals surface area contributed by atoms with Crippen LogP contribution >= 0.6 is 0 Å². The molecule has 2 aliphatic heterocycles. The maximum absolute atomic E-state index is 12.5. The van der Waals surface area contributed by atoms with Gasteiger partial charge < -0.3 is 20.0 Å². The van der Waals surface area contributed by atoms with Gasteiger partial charge in [-0.25, -0.2) is 4.98 Å². The number of benzene rings is 1. The summed E-state index contributed by atoms with van der Waals surface area (Å²) in [6.07, 6.45) is 5.13. The SMILES string of the molecule is O=c1[nH]c(N2CCC3(CC2)CN(C[C@@H](O)CO)c2ccccc23)nc2c1CCCC2. The van der Waals surface area contributed by atoms with Gasteiger partial charge in [-0.05, 0) is 50.2 Å². The molecule has 5 rings (SSSR count). The van der Waals surface area contributed by atoms with Crippen molar-refractivity contribution >= 4 is 11.6 Å². The maximum atomic E-state index is 12.5. The van der Waals surface area contributed by atoms with E-state index in [0.29, 0.717) is 12.5 Å². The molecule has 1 aliphatic carbocycles. The molecule has 1 aromatic heterocycles. The fourth-order valence-electron chi connectivity index (χ4n) is 5.52. The van der Waals surface area contributed by atoms with Crippen molar-refractivity contribution in [1.82, 2.24) is 9.97 Å². The molecule has 0 radical (unpaired) electrons. The van der Waals surface area contributed by atoms with E-state index in [-0.39, 0.29) is 17.6 Å². The van der Waals surface area contributed by atoms with E-state index in [0.717, 1.165) is 69.4 Å². The Morgan fingerprint density at radius 3 is 2.73 bits per heavy atom. The third-order valence-corrected chi connectivity index (χ3v) is 7.15. The van der Waals surface area contributed by atoms with E-state index < -0.39 is 6.10 Å². The van der Waals surface area contributed by atoms with Gasteiger partial charge in [-0.15, -0.1) is 0 Å². The molecule has 30 heavy (non-hydrogen) atoms. The van der Waals surface area contributed by atoms with E-state index in [1.165, 1.54) is 11.3 Å². The van der Waals surface area contributed by atoms with E-state index in [1.54, 1.807) is 0 Å². The number of nitrogens with one attached hydrogen (secondary N) is 1. The Hall–Kier alpha value is -2.38. The quantitative estimate of drug-likeness (QED) is 0.705. The largest absolute Gasteiger partial charge is 0.394 e. The zero-order chi connectivity index (χ0) is 20.7. The van der Waals surface area contributed by atoms with E-state index in [4.69, 9.17) is 4.98 Å². The number of nitrogens with zero attached hydrogens (tertiary/aromatic N) is 3. The zero-order valence-corrected chi connectivity index (χ0v) is 17.3. The molecule has 1 fully saturated rings. The fraction of sp³-hybridized carbons (Fsp3) is 0.565. The van der Waals surface area contributed by atoms with Crippen LogP contribution < -0.4 is 15.4 Å². The van der Waals surface area contributed by atoms with Gasteiger partial charge in [0.1, 0.15) is 0 Å². The topological polar surface area (TPSA) is 92.7 Å². The second kappa shape index (κ2) is 7.71. The monoisotopic (exact) mass is 410 g/mol. The summed E-state index contributed by atoms with van der Waals surface area (Å²) >= 11 is 0. The van der Waals surface area contributed by atoms with Crippen molar-refractivity contribution in [3.8, 4) is 0 Å². The molecule has 7 nitrogen and oxygen atoms in total. The van der Waals surface area contributed by atoms with Gasteiger partial charge in [0.2, 0.25) is 5.95 Å². The fourth-order valence-corrected chi connectivity index (χ4v) is 5.52. The van der Waals surface area contributed by atoms with Crippen molar-refractivity contribution in [2.75, 3.05) is 42.6 Å². The highest BCUT2D eigenvalue weighted by molar-refractivity contribution is 5.63. The number of anilines is 2. The number of para-hydroxylation sites is 1. The first-order valence-corrected chi connectivity index (χ1v) is 11.1. The van der Waals surface area contributed by atoms with Crippen LogP contribution in [0.2, 0.25) is 0 Å². The minimum atomic E-state index is -0.738. The number of hydrogen-bond acceptors (Lipinski definition) is 6. The molecule has 0 saturated carbocycles. The number of fused-ring (bicyclic) bond motifs is 3. The third-order valence-electron chi connectivity index (χ3n) is 7.15. The second-order valence-corrected chi connectivity index (χ2v) is 9.02. The molecule has 1 aromatic carbocycles. The molecule has 1 spiro atoms. The Morgan fingerprint density at radius 2 is 1.93 bits per heavy atom. The molecule has 0 unspecified atom stereocenters. The standard InChI is InChI=1S/C23H30N4O3/c28-14-16(29)13-27-15-23(18-6-2-4-8-20(18)27)9-11-26(12-10-23)22-24-19-7-3-1-5-17(19)21(30)25-22/h2,4,6,8,16,28-29H,1,3,5,7,9-15H2,(H,24,25,30)/t16-/m1/s1. The van der Waals surface area contributed by atoms with Crippen molar-refractivity contribution in [2.24, 2.45) is 0 Å². The lowest BCUT2D eigenvalue weighted by atomic mass is 9.74. The van der Waals surface area contributed by atoms with Crippen molar-refractivity contribution in [2.45, 2.75) is 50.0 Å². The van der Waals surface area contributed by atoms with Crippen LogP contribution in [0.15, 0.2) is 29.1 Å². The summed E-state index contributed by atoms with van der Waals surface area (Å²) in [5.41, 5.74) is 4.43. The Balaban J connectivity index is 1.37. The molecule has 7 heteroatoms. The highest BCUT2D eigenvalue weighted by Crippen LogP contribution is 2.47. The number of aromatic nitrogens is 2. The van der Waals surface area contributed by atoms with Gasteiger partial charge in [-0.3, -0.25) is 9.78 Å². The summed E-state index contributed by atoms with van der Waals surface area (Å²) in [6, 6.07) is 8.44. The van der Waals surface area contributed by atoms with Crippen LogP contribution in [0.25, 0.3) is 0 Å². The van der Waals surface area contributed by atoms with Gasteiger partial charge in [-0.2, -0.15) is 0 Å². The van der Waals surface area contributed by atoms with Crippen molar-refractivity contribution in [1.29, 1.82) is 0 Å². The Labute approximate surface area is 176 Å². The molecule has 3 N–H and O–H groups in total. The normalized spacial score (nSPS) is 20.9. The molecular weight excluding hydrogens is 380 g/mol. The lowest BCUT2D eigenvalue weighted by Crippen LogP contribution is -2.47. The second-order valence-electron chi connectivity index (χ2n) is 9.02. The van der Waals surface area contributed by atoms with Crippen molar-refractivity contribution in [3.05, 3.63) is 51.4 Å². The molecule has 0 amide bonds. The summed E-state index contributed by atoms with van der Waals surface area (Å²) in [6.45, 7) is 2.75. The Morgan fingerprint density at radius 1 is 1.17 bits per heavy atom. The number of piperidine rings is 1. The van der Waals surface area contributed by atoms with E-state index in [1.807, 2.05) is 6.07 Å². The Kier molecular flexibility index (Phi) is 5.03. The van der Waals surface area contributed by atoms with Gasteiger partial charge in [0, 0.05) is 42.8 Å². The van der Waals surface area contributed by atoms with Gasteiger partial charge in [0.05, 0.1) is 18.4 Å². The first-order chi connectivity index (χ1) is 14.6. The van der Waals surface area contributed by atoms with Crippen LogP contribution in [0.3, 0.4) is 0 Å². The third kappa shape index (κ3) is 3.30. The minimum absolute atomic E-state index is 0.0327. The van der Waals surface area contributed by atoms with Gasteiger partial charge in [0.25, 0.3) is 5.56 Å². The van der Waals surface area contributed by atoms with E-state index >= 15 is 0 Å². The highest BCUT2D eigenvalue weighted by atomic mass is 16.3. The lowest BCUT2D eigenvalue weighted by molar-refractivity contribution is 0.0993.